The van der Waals surface area contributed by atoms with Gasteiger partial charge in [-0.3, -0.25) is 4.79 Å². The van der Waals surface area contributed by atoms with Crippen molar-refractivity contribution in [2.24, 2.45) is 0 Å². The maximum atomic E-state index is 12.5. The molecule has 0 unspecified atom stereocenters. The highest BCUT2D eigenvalue weighted by Gasteiger charge is 2.26. The number of piperazine rings is 1. The van der Waals surface area contributed by atoms with Crippen LogP contribution in [-0.2, 0) is 22.5 Å². The SMILES string of the molecule is COCCc1nsc(N2CCN(Cc3cccc(C)c3)C(=O)C2)n1. The van der Waals surface area contributed by atoms with Crippen molar-refractivity contribution >= 4 is 22.6 Å². The van der Waals surface area contributed by atoms with Crippen LogP contribution in [0.5, 0.6) is 0 Å². The lowest BCUT2D eigenvalue weighted by Gasteiger charge is -2.34. The van der Waals surface area contributed by atoms with Gasteiger partial charge in [0.25, 0.3) is 0 Å². The number of methoxy groups -OCH3 is 1. The first-order valence-corrected chi connectivity index (χ1v) is 8.83. The average Bonchev–Trinajstić information content (AvgIpc) is 3.04. The molecule has 0 bridgehead atoms. The molecule has 0 atom stereocenters. The number of anilines is 1. The highest BCUT2D eigenvalue weighted by Crippen LogP contribution is 2.20. The molecule has 1 aliphatic rings. The number of hydrogen-bond acceptors (Lipinski definition) is 6. The Morgan fingerprint density at radius 1 is 1.33 bits per heavy atom. The van der Waals surface area contributed by atoms with Gasteiger partial charge in [-0.25, -0.2) is 4.98 Å². The molecular weight excluding hydrogens is 324 g/mol. The first-order valence-electron chi connectivity index (χ1n) is 8.05. The molecule has 1 aliphatic heterocycles. The number of nitrogens with zero attached hydrogens (tertiary/aromatic N) is 4. The Morgan fingerprint density at radius 3 is 2.96 bits per heavy atom. The lowest BCUT2D eigenvalue weighted by atomic mass is 10.1. The third-order valence-corrected chi connectivity index (χ3v) is 4.85. The largest absolute Gasteiger partial charge is 0.384 e. The molecule has 2 heterocycles. The van der Waals surface area contributed by atoms with Crippen molar-refractivity contribution in [1.82, 2.24) is 14.3 Å². The summed E-state index contributed by atoms with van der Waals surface area (Å²) in [5.41, 5.74) is 2.39. The lowest BCUT2D eigenvalue weighted by molar-refractivity contribution is -0.131. The first-order chi connectivity index (χ1) is 11.7. The van der Waals surface area contributed by atoms with Crippen molar-refractivity contribution in [2.75, 3.05) is 38.3 Å². The fraction of sp³-hybridized carbons (Fsp3) is 0.471. The van der Waals surface area contributed by atoms with Gasteiger partial charge < -0.3 is 14.5 Å². The van der Waals surface area contributed by atoms with Crippen LogP contribution in [0.2, 0.25) is 0 Å². The topological polar surface area (TPSA) is 58.6 Å². The van der Waals surface area contributed by atoms with Crippen LogP contribution in [0, 0.1) is 6.92 Å². The van der Waals surface area contributed by atoms with Gasteiger partial charge in [0.2, 0.25) is 11.0 Å². The Balaban J connectivity index is 1.58. The van der Waals surface area contributed by atoms with E-state index < -0.39 is 0 Å². The van der Waals surface area contributed by atoms with Gasteiger partial charge in [-0.15, -0.1) is 0 Å². The Labute approximate surface area is 146 Å². The maximum Gasteiger partial charge on any atom is 0.242 e. The predicted octanol–water partition coefficient (Wildman–Crippen LogP) is 1.88. The van der Waals surface area contributed by atoms with Crippen molar-refractivity contribution in [3.8, 4) is 0 Å². The fourth-order valence-corrected chi connectivity index (χ4v) is 3.47. The smallest absolute Gasteiger partial charge is 0.242 e. The second-order valence-electron chi connectivity index (χ2n) is 5.96. The zero-order chi connectivity index (χ0) is 16.9. The summed E-state index contributed by atoms with van der Waals surface area (Å²) in [6, 6.07) is 8.31. The van der Waals surface area contributed by atoms with Gasteiger partial charge in [0, 0.05) is 44.7 Å². The monoisotopic (exact) mass is 346 g/mol. The molecule has 1 aromatic heterocycles. The van der Waals surface area contributed by atoms with Crippen LogP contribution in [-0.4, -0.2) is 53.5 Å². The summed E-state index contributed by atoms with van der Waals surface area (Å²) in [6.45, 7) is 5.21. The van der Waals surface area contributed by atoms with E-state index in [-0.39, 0.29) is 5.91 Å². The molecule has 3 rings (SSSR count). The molecule has 0 saturated carbocycles. The number of aryl methyl sites for hydroxylation is 1. The van der Waals surface area contributed by atoms with Gasteiger partial charge in [-0.2, -0.15) is 4.37 Å². The van der Waals surface area contributed by atoms with Gasteiger partial charge in [-0.1, -0.05) is 29.8 Å². The third-order valence-electron chi connectivity index (χ3n) is 4.03. The quantitative estimate of drug-likeness (QED) is 0.799. The molecule has 6 nitrogen and oxygen atoms in total. The molecule has 0 radical (unpaired) electrons. The predicted molar refractivity (Wildman–Crippen MR) is 94.3 cm³/mol. The molecule has 0 N–H and O–H groups in total. The lowest BCUT2D eigenvalue weighted by Crippen LogP contribution is -2.50. The van der Waals surface area contributed by atoms with Crippen molar-refractivity contribution in [3.63, 3.8) is 0 Å². The number of ether oxygens (including phenoxy) is 1. The molecule has 1 aromatic carbocycles. The normalized spacial score (nSPS) is 15.2. The number of hydrogen-bond donors (Lipinski definition) is 0. The van der Waals surface area contributed by atoms with E-state index in [1.807, 2.05) is 15.9 Å². The van der Waals surface area contributed by atoms with E-state index in [4.69, 9.17) is 4.74 Å². The van der Waals surface area contributed by atoms with Gasteiger partial charge in [0.15, 0.2) is 0 Å². The number of rotatable bonds is 6. The molecule has 24 heavy (non-hydrogen) atoms. The molecule has 7 heteroatoms. The Morgan fingerprint density at radius 2 is 2.21 bits per heavy atom. The summed E-state index contributed by atoms with van der Waals surface area (Å²) in [4.78, 5) is 20.9. The Kier molecular flexibility index (Phi) is 5.42. The summed E-state index contributed by atoms with van der Waals surface area (Å²) in [5.74, 6) is 0.919. The van der Waals surface area contributed by atoms with Gasteiger partial charge in [-0.05, 0) is 12.5 Å². The summed E-state index contributed by atoms with van der Waals surface area (Å²) in [5, 5.41) is 0.824. The minimum absolute atomic E-state index is 0.136. The minimum atomic E-state index is 0.136. The van der Waals surface area contributed by atoms with E-state index in [2.05, 4.69) is 34.5 Å². The molecule has 1 fully saturated rings. The Bertz CT molecular complexity index is 703. The van der Waals surface area contributed by atoms with Crippen LogP contribution in [0.1, 0.15) is 17.0 Å². The van der Waals surface area contributed by atoms with Gasteiger partial charge >= 0.3 is 0 Å². The summed E-state index contributed by atoms with van der Waals surface area (Å²) >= 11 is 1.35. The first kappa shape index (κ1) is 16.9. The van der Waals surface area contributed by atoms with Crippen LogP contribution < -0.4 is 4.90 Å². The Hall–Kier alpha value is -1.99. The van der Waals surface area contributed by atoms with Crippen LogP contribution in [0.3, 0.4) is 0 Å². The second-order valence-corrected chi connectivity index (χ2v) is 6.69. The maximum absolute atomic E-state index is 12.5. The molecule has 2 aromatic rings. The molecule has 0 aliphatic carbocycles. The van der Waals surface area contributed by atoms with Crippen LogP contribution in [0.25, 0.3) is 0 Å². The molecule has 1 saturated heterocycles. The van der Waals surface area contributed by atoms with Crippen LogP contribution in [0.4, 0.5) is 5.13 Å². The standard InChI is InChI=1S/C17H22N4O2S/c1-13-4-3-5-14(10-13)11-20-7-8-21(12-16(20)22)17-18-15(19-24-17)6-9-23-2/h3-5,10H,6-9,11-12H2,1-2H3. The van der Waals surface area contributed by atoms with E-state index in [1.165, 1.54) is 22.7 Å². The zero-order valence-electron chi connectivity index (χ0n) is 14.1. The fourth-order valence-electron chi connectivity index (χ4n) is 2.74. The number of carbonyl (C=O) groups is 1. The van der Waals surface area contributed by atoms with Crippen LogP contribution in [0.15, 0.2) is 24.3 Å². The van der Waals surface area contributed by atoms with Crippen molar-refractivity contribution < 1.29 is 9.53 Å². The average molecular weight is 346 g/mol. The highest BCUT2D eigenvalue weighted by atomic mass is 32.1. The summed E-state index contributed by atoms with van der Waals surface area (Å²) in [7, 11) is 1.67. The summed E-state index contributed by atoms with van der Waals surface area (Å²) in [6.07, 6.45) is 0.703. The van der Waals surface area contributed by atoms with Crippen molar-refractivity contribution in [1.29, 1.82) is 0 Å². The molecular formula is C17H22N4O2S. The third kappa shape index (κ3) is 4.10. The zero-order valence-corrected chi connectivity index (χ0v) is 14.9. The van der Waals surface area contributed by atoms with E-state index in [1.54, 1.807) is 7.11 Å². The van der Waals surface area contributed by atoms with Gasteiger partial charge in [0.1, 0.15) is 5.82 Å². The van der Waals surface area contributed by atoms with E-state index in [0.29, 0.717) is 32.7 Å². The number of aromatic nitrogens is 2. The molecule has 1 amide bonds. The van der Waals surface area contributed by atoms with E-state index in [9.17, 15) is 4.79 Å². The highest BCUT2D eigenvalue weighted by molar-refractivity contribution is 7.09. The number of benzene rings is 1. The molecule has 0 spiro atoms. The van der Waals surface area contributed by atoms with Crippen LogP contribution >= 0.6 is 11.5 Å². The molecule has 128 valence electrons. The summed E-state index contributed by atoms with van der Waals surface area (Å²) < 4.78 is 9.38. The number of amides is 1. The van der Waals surface area contributed by atoms with Gasteiger partial charge in [0.05, 0.1) is 13.2 Å². The minimum Gasteiger partial charge on any atom is -0.384 e. The van der Waals surface area contributed by atoms with Crippen molar-refractivity contribution in [3.05, 3.63) is 41.2 Å². The van der Waals surface area contributed by atoms with Crippen molar-refractivity contribution in [2.45, 2.75) is 19.9 Å². The van der Waals surface area contributed by atoms with E-state index in [0.717, 1.165) is 17.5 Å². The number of carbonyl (C=O) groups excluding carboxylic acids is 1. The van der Waals surface area contributed by atoms with E-state index >= 15 is 0 Å². The second kappa shape index (κ2) is 7.72.